The van der Waals surface area contributed by atoms with Crippen LogP contribution >= 0.6 is 0 Å². The van der Waals surface area contributed by atoms with Crippen molar-refractivity contribution in [1.29, 1.82) is 0 Å². The van der Waals surface area contributed by atoms with Gasteiger partial charge in [-0.3, -0.25) is 4.99 Å². The van der Waals surface area contributed by atoms with E-state index in [-0.39, 0.29) is 18.1 Å². The monoisotopic (exact) mass is 381 g/mol. The molecular formula is C18H21F2N3O2S. The van der Waals surface area contributed by atoms with E-state index in [1.807, 2.05) is 0 Å². The van der Waals surface area contributed by atoms with Crippen LogP contribution in [0.2, 0.25) is 0 Å². The second kappa shape index (κ2) is 8.75. The number of hydrogen-bond donors (Lipinski definition) is 2. The molecule has 0 bridgehead atoms. The van der Waals surface area contributed by atoms with Gasteiger partial charge in [-0.2, -0.15) is 0 Å². The van der Waals surface area contributed by atoms with E-state index in [9.17, 15) is 17.2 Å². The number of nitrogens with zero attached hydrogens (tertiary/aromatic N) is 1. The van der Waals surface area contributed by atoms with Crippen molar-refractivity contribution in [2.75, 3.05) is 13.3 Å². The summed E-state index contributed by atoms with van der Waals surface area (Å²) in [6.07, 6.45) is 1.14. The van der Waals surface area contributed by atoms with Gasteiger partial charge in [0.1, 0.15) is 11.6 Å². The van der Waals surface area contributed by atoms with Gasteiger partial charge < -0.3 is 10.6 Å². The third kappa shape index (κ3) is 6.44. The molecular weight excluding hydrogens is 360 g/mol. The van der Waals surface area contributed by atoms with Gasteiger partial charge in [-0.1, -0.05) is 18.2 Å². The quantitative estimate of drug-likeness (QED) is 0.595. The van der Waals surface area contributed by atoms with Gasteiger partial charge in [0, 0.05) is 26.4 Å². The number of sulfone groups is 1. The normalized spacial score (nSPS) is 12.1. The van der Waals surface area contributed by atoms with E-state index in [1.54, 1.807) is 19.2 Å². The van der Waals surface area contributed by atoms with Gasteiger partial charge >= 0.3 is 0 Å². The predicted molar refractivity (Wildman–Crippen MR) is 98.4 cm³/mol. The standard InChI is InChI=1S/C18H21F2N3O2S/c1-21-18(22-10-13-3-6-16(19)7-4-13)23-11-15-9-17(20)8-5-14(15)12-26(2,24)25/h3-9H,10-12H2,1-2H3,(H2,21,22,23). The first kappa shape index (κ1) is 19.8. The zero-order valence-corrected chi connectivity index (χ0v) is 15.4. The van der Waals surface area contributed by atoms with Crippen molar-refractivity contribution in [3.05, 3.63) is 70.8 Å². The lowest BCUT2D eigenvalue weighted by molar-refractivity contribution is 0.599. The molecule has 0 radical (unpaired) electrons. The Morgan fingerprint density at radius 2 is 1.58 bits per heavy atom. The van der Waals surface area contributed by atoms with Crippen molar-refractivity contribution in [3.63, 3.8) is 0 Å². The number of guanidine groups is 1. The third-order valence-corrected chi connectivity index (χ3v) is 4.46. The van der Waals surface area contributed by atoms with Crippen molar-refractivity contribution in [2.45, 2.75) is 18.8 Å². The minimum Gasteiger partial charge on any atom is -0.352 e. The summed E-state index contributed by atoms with van der Waals surface area (Å²) >= 11 is 0. The van der Waals surface area contributed by atoms with Gasteiger partial charge in [-0.25, -0.2) is 17.2 Å². The third-order valence-electron chi connectivity index (χ3n) is 3.63. The summed E-state index contributed by atoms with van der Waals surface area (Å²) in [5.41, 5.74) is 1.95. The Bertz CT molecular complexity index is 882. The smallest absolute Gasteiger partial charge is 0.191 e. The zero-order chi connectivity index (χ0) is 19.2. The number of aliphatic imine (C=N–C) groups is 1. The Labute approximate surface area is 152 Å². The highest BCUT2D eigenvalue weighted by Gasteiger charge is 2.11. The molecule has 2 aromatic rings. The number of rotatable bonds is 6. The molecule has 2 aromatic carbocycles. The maximum Gasteiger partial charge on any atom is 0.191 e. The van der Waals surface area contributed by atoms with Crippen LogP contribution in [-0.4, -0.2) is 27.7 Å². The Balaban J connectivity index is 2.01. The molecule has 0 heterocycles. The highest BCUT2D eigenvalue weighted by Crippen LogP contribution is 2.14. The molecule has 0 aliphatic heterocycles. The Morgan fingerprint density at radius 3 is 2.19 bits per heavy atom. The first-order chi connectivity index (χ1) is 12.3. The summed E-state index contributed by atoms with van der Waals surface area (Å²) in [5, 5.41) is 6.09. The highest BCUT2D eigenvalue weighted by molar-refractivity contribution is 7.89. The molecule has 0 fully saturated rings. The summed E-state index contributed by atoms with van der Waals surface area (Å²) < 4.78 is 49.5. The van der Waals surface area contributed by atoms with Crippen molar-refractivity contribution >= 4 is 15.8 Å². The molecule has 140 valence electrons. The van der Waals surface area contributed by atoms with Crippen LogP contribution in [0.4, 0.5) is 8.78 Å². The molecule has 0 aliphatic carbocycles. The Kier molecular flexibility index (Phi) is 6.68. The second-order valence-corrected chi connectivity index (χ2v) is 8.03. The number of nitrogens with one attached hydrogen (secondary N) is 2. The summed E-state index contributed by atoms with van der Waals surface area (Å²) in [6.45, 7) is 0.644. The van der Waals surface area contributed by atoms with Crippen LogP contribution in [0, 0.1) is 11.6 Å². The SMILES string of the molecule is CN=C(NCc1ccc(F)cc1)NCc1cc(F)ccc1CS(C)(=O)=O. The van der Waals surface area contributed by atoms with Gasteiger partial charge in [-0.05, 0) is 41.0 Å². The molecule has 0 amide bonds. The van der Waals surface area contributed by atoms with Crippen LogP contribution in [0.25, 0.3) is 0 Å². The molecule has 0 aromatic heterocycles. The van der Waals surface area contributed by atoms with E-state index in [4.69, 9.17) is 0 Å². The molecule has 0 aliphatic rings. The molecule has 26 heavy (non-hydrogen) atoms. The molecule has 8 heteroatoms. The minimum atomic E-state index is -3.23. The van der Waals surface area contributed by atoms with Crippen LogP contribution in [-0.2, 0) is 28.7 Å². The lowest BCUT2D eigenvalue weighted by atomic mass is 10.1. The van der Waals surface area contributed by atoms with Crippen LogP contribution in [0.5, 0.6) is 0 Å². The van der Waals surface area contributed by atoms with Crippen LogP contribution < -0.4 is 10.6 Å². The largest absolute Gasteiger partial charge is 0.352 e. The molecule has 2 N–H and O–H groups in total. The highest BCUT2D eigenvalue weighted by atomic mass is 32.2. The maximum atomic E-state index is 13.5. The van der Waals surface area contributed by atoms with Crippen LogP contribution in [0.15, 0.2) is 47.5 Å². The molecule has 5 nitrogen and oxygen atoms in total. The topological polar surface area (TPSA) is 70.6 Å². The summed E-state index contributed by atoms with van der Waals surface area (Å²) in [7, 11) is -1.65. The van der Waals surface area contributed by atoms with E-state index >= 15 is 0 Å². The average molecular weight is 381 g/mol. The molecule has 0 saturated carbocycles. The second-order valence-electron chi connectivity index (χ2n) is 5.89. The fourth-order valence-corrected chi connectivity index (χ4v) is 3.22. The fourth-order valence-electron chi connectivity index (χ4n) is 2.37. The van der Waals surface area contributed by atoms with E-state index in [0.29, 0.717) is 23.6 Å². The van der Waals surface area contributed by atoms with Crippen molar-refractivity contribution in [1.82, 2.24) is 10.6 Å². The molecule has 2 rings (SSSR count). The van der Waals surface area contributed by atoms with Crippen molar-refractivity contribution in [3.8, 4) is 0 Å². The van der Waals surface area contributed by atoms with Crippen molar-refractivity contribution in [2.24, 2.45) is 4.99 Å². The first-order valence-corrected chi connectivity index (χ1v) is 9.97. The maximum absolute atomic E-state index is 13.5. The Hall–Kier alpha value is -2.48. The fraction of sp³-hybridized carbons (Fsp3) is 0.278. The number of benzene rings is 2. The van der Waals surface area contributed by atoms with E-state index < -0.39 is 15.7 Å². The summed E-state index contributed by atoms with van der Waals surface area (Å²) in [4.78, 5) is 4.07. The van der Waals surface area contributed by atoms with Gasteiger partial charge in [0.05, 0.1) is 5.75 Å². The summed E-state index contributed by atoms with van der Waals surface area (Å²) in [5.74, 6) is -0.440. The number of hydrogen-bond acceptors (Lipinski definition) is 3. The lowest BCUT2D eigenvalue weighted by Gasteiger charge is -2.14. The van der Waals surface area contributed by atoms with E-state index in [1.165, 1.54) is 30.3 Å². The van der Waals surface area contributed by atoms with E-state index in [0.717, 1.165) is 11.8 Å². The minimum absolute atomic E-state index is 0.161. The molecule has 0 atom stereocenters. The molecule has 0 unspecified atom stereocenters. The summed E-state index contributed by atoms with van der Waals surface area (Å²) in [6, 6.07) is 10.1. The zero-order valence-electron chi connectivity index (χ0n) is 14.6. The van der Waals surface area contributed by atoms with Crippen molar-refractivity contribution < 1.29 is 17.2 Å². The van der Waals surface area contributed by atoms with Gasteiger partial charge in [0.25, 0.3) is 0 Å². The van der Waals surface area contributed by atoms with Crippen LogP contribution in [0.3, 0.4) is 0 Å². The van der Waals surface area contributed by atoms with Gasteiger partial charge in [0.15, 0.2) is 15.8 Å². The average Bonchev–Trinajstić information content (AvgIpc) is 2.57. The number of halogens is 2. The molecule has 0 spiro atoms. The lowest BCUT2D eigenvalue weighted by Crippen LogP contribution is -2.36. The van der Waals surface area contributed by atoms with Crippen LogP contribution in [0.1, 0.15) is 16.7 Å². The van der Waals surface area contributed by atoms with Gasteiger partial charge in [-0.15, -0.1) is 0 Å². The Morgan fingerprint density at radius 1 is 0.962 bits per heavy atom. The molecule has 0 saturated heterocycles. The first-order valence-electron chi connectivity index (χ1n) is 7.91. The van der Waals surface area contributed by atoms with Gasteiger partial charge in [0.2, 0.25) is 0 Å². The van der Waals surface area contributed by atoms with E-state index in [2.05, 4.69) is 15.6 Å². The predicted octanol–water partition coefficient (Wildman–Crippen LogP) is 2.37.